The van der Waals surface area contributed by atoms with Gasteiger partial charge < -0.3 is 9.64 Å². The van der Waals surface area contributed by atoms with E-state index in [1.165, 1.54) is 12.7 Å². The summed E-state index contributed by atoms with van der Waals surface area (Å²) in [6, 6.07) is 8.02. The van der Waals surface area contributed by atoms with Crippen LogP contribution in [0.1, 0.15) is 24.0 Å². The first kappa shape index (κ1) is 14.2. The molecule has 0 radical (unpaired) electrons. The number of methoxy groups -OCH3 is 1. The van der Waals surface area contributed by atoms with Crippen LogP contribution >= 0.6 is 0 Å². The predicted molar refractivity (Wildman–Crippen MR) is 68.9 cm³/mol. The molecule has 0 aliphatic rings. The van der Waals surface area contributed by atoms with E-state index in [0.29, 0.717) is 6.54 Å². The standard InChI is InChI=1S/C14H19NO3/c1-11-5-4-6-12(9-11)10-15(2)13(16)7-8-14(17)18-3/h4-6,9H,7-8,10H2,1-3H3. The van der Waals surface area contributed by atoms with Crippen molar-refractivity contribution in [3.8, 4) is 0 Å². The van der Waals surface area contributed by atoms with Gasteiger partial charge in [-0.15, -0.1) is 0 Å². The highest BCUT2D eigenvalue weighted by Gasteiger charge is 2.11. The van der Waals surface area contributed by atoms with Crippen LogP contribution in [-0.2, 0) is 20.9 Å². The van der Waals surface area contributed by atoms with Gasteiger partial charge in [-0.25, -0.2) is 0 Å². The Morgan fingerprint density at radius 2 is 2.00 bits per heavy atom. The number of amides is 1. The van der Waals surface area contributed by atoms with Crippen LogP contribution in [-0.4, -0.2) is 30.9 Å². The van der Waals surface area contributed by atoms with Crippen LogP contribution in [0.5, 0.6) is 0 Å². The zero-order valence-electron chi connectivity index (χ0n) is 11.1. The summed E-state index contributed by atoms with van der Waals surface area (Å²) in [4.78, 5) is 24.3. The van der Waals surface area contributed by atoms with Gasteiger partial charge in [0.1, 0.15) is 0 Å². The van der Waals surface area contributed by atoms with Crippen LogP contribution in [0, 0.1) is 6.92 Å². The van der Waals surface area contributed by atoms with E-state index in [-0.39, 0.29) is 24.7 Å². The average Bonchev–Trinajstić information content (AvgIpc) is 2.35. The minimum atomic E-state index is -0.354. The molecule has 0 aliphatic heterocycles. The molecule has 0 fully saturated rings. The molecule has 18 heavy (non-hydrogen) atoms. The van der Waals surface area contributed by atoms with Gasteiger partial charge in [-0.05, 0) is 12.5 Å². The Labute approximate surface area is 108 Å². The number of rotatable bonds is 5. The quantitative estimate of drug-likeness (QED) is 0.749. The Balaban J connectivity index is 2.47. The van der Waals surface area contributed by atoms with E-state index in [9.17, 15) is 9.59 Å². The maximum Gasteiger partial charge on any atom is 0.306 e. The molecule has 0 aromatic heterocycles. The fourth-order valence-corrected chi connectivity index (χ4v) is 1.67. The Morgan fingerprint density at radius 3 is 2.61 bits per heavy atom. The van der Waals surface area contributed by atoms with Crippen molar-refractivity contribution in [2.24, 2.45) is 0 Å². The minimum Gasteiger partial charge on any atom is -0.469 e. The largest absolute Gasteiger partial charge is 0.469 e. The molecule has 0 atom stereocenters. The molecule has 0 unspecified atom stereocenters. The number of esters is 1. The number of ether oxygens (including phenoxy) is 1. The van der Waals surface area contributed by atoms with Crippen molar-refractivity contribution in [2.75, 3.05) is 14.2 Å². The average molecular weight is 249 g/mol. The van der Waals surface area contributed by atoms with Crippen molar-refractivity contribution in [2.45, 2.75) is 26.3 Å². The molecule has 0 saturated heterocycles. The Kier molecular flexibility index (Phi) is 5.36. The lowest BCUT2D eigenvalue weighted by Crippen LogP contribution is -2.26. The molecule has 4 nitrogen and oxygen atoms in total. The topological polar surface area (TPSA) is 46.6 Å². The molecule has 0 spiro atoms. The Morgan fingerprint density at radius 1 is 1.28 bits per heavy atom. The molecular formula is C14H19NO3. The van der Waals surface area contributed by atoms with Crippen LogP contribution in [0.25, 0.3) is 0 Å². The van der Waals surface area contributed by atoms with Crippen molar-refractivity contribution in [1.82, 2.24) is 4.90 Å². The highest BCUT2D eigenvalue weighted by Crippen LogP contribution is 2.08. The van der Waals surface area contributed by atoms with E-state index in [1.807, 2.05) is 31.2 Å². The molecule has 4 heteroatoms. The Hall–Kier alpha value is -1.84. The van der Waals surface area contributed by atoms with E-state index in [1.54, 1.807) is 11.9 Å². The number of carbonyl (C=O) groups excluding carboxylic acids is 2. The van der Waals surface area contributed by atoms with E-state index >= 15 is 0 Å². The van der Waals surface area contributed by atoms with Crippen molar-refractivity contribution in [1.29, 1.82) is 0 Å². The maximum atomic E-state index is 11.8. The second-order valence-corrected chi connectivity index (χ2v) is 4.31. The fraction of sp³-hybridized carbons (Fsp3) is 0.429. The maximum absolute atomic E-state index is 11.8. The number of carbonyl (C=O) groups is 2. The summed E-state index contributed by atoms with van der Waals surface area (Å²) in [5.74, 6) is -0.408. The van der Waals surface area contributed by atoms with E-state index in [4.69, 9.17) is 0 Å². The summed E-state index contributed by atoms with van der Waals surface area (Å²) in [5, 5.41) is 0. The fourth-order valence-electron chi connectivity index (χ4n) is 1.67. The van der Waals surface area contributed by atoms with E-state index in [0.717, 1.165) is 5.56 Å². The molecule has 0 heterocycles. The third-order valence-electron chi connectivity index (χ3n) is 2.70. The molecule has 0 bridgehead atoms. The molecule has 1 amide bonds. The molecule has 98 valence electrons. The first-order valence-electron chi connectivity index (χ1n) is 5.89. The van der Waals surface area contributed by atoms with Crippen molar-refractivity contribution >= 4 is 11.9 Å². The zero-order chi connectivity index (χ0) is 13.5. The Bertz CT molecular complexity index is 429. The third-order valence-corrected chi connectivity index (χ3v) is 2.70. The number of aryl methyl sites for hydroxylation is 1. The lowest BCUT2D eigenvalue weighted by Gasteiger charge is -2.17. The van der Waals surface area contributed by atoms with Crippen LogP contribution in [0.2, 0.25) is 0 Å². The first-order chi connectivity index (χ1) is 8.52. The summed E-state index contributed by atoms with van der Waals surface area (Å²) in [5.41, 5.74) is 2.26. The van der Waals surface area contributed by atoms with Crippen molar-refractivity contribution in [3.05, 3.63) is 35.4 Å². The lowest BCUT2D eigenvalue weighted by molar-refractivity contribution is -0.143. The second-order valence-electron chi connectivity index (χ2n) is 4.31. The molecule has 0 N–H and O–H groups in total. The molecule has 1 aromatic carbocycles. The summed E-state index contributed by atoms with van der Waals surface area (Å²) >= 11 is 0. The summed E-state index contributed by atoms with van der Waals surface area (Å²) < 4.78 is 4.50. The normalized spacial score (nSPS) is 9.94. The van der Waals surface area contributed by atoms with Crippen LogP contribution in [0.15, 0.2) is 24.3 Å². The van der Waals surface area contributed by atoms with Gasteiger partial charge in [-0.3, -0.25) is 9.59 Å². The van der Waals surface area contributed by atoms with Gasteiger partial charge in [0, 0.05) is 20.0 Å². The molecule has 0 saturated carbocycles. The molecular weight excluding hydrogens is 230 g/mol. The number of hydrogen-bond acceptors (Lipinski definition) is 3. The molecule has 1 rings (SSSR count). The van der Waals surface area contributed by atoms with Gasteiger partial charge in [0.25, 0.3) is 0 Å². The highest BCUT2D eigenvalue weighted by molar-refractivity contribution is 5.81. The predicted octanol–water partition coefficient (Wildman–Crippen LogP) is 1.91. The summed E-state index contributed by atoms with van der Waals surface area (Å²) in [6.45, 7) is 2.57. The van der Waals surface area contributed by atoms with Crippen molar-refractivity contribution in [3.63, 3.8) is 0 Å². The van der Waals surface area contributed by atoms with Gasteiger partial charge in [0.15, 0.2) is 0 Å². The van der Waals surface area contributed by atoms with Gasteiger partial charge in [0.05, 0.1) is 13.5 Å². The van der Waals surface area contributed by atoms with Crippen LogP contribution < -0.4 is 0 Å². The SMILES string of the molecule is COC(=O)CCC(=O)N(C)Cc1cccc(C)c1. The van der Waals surface area contributed by atoms with Gasteiger partial charge in [-0.1, -0.05) is 29.8 Å². The first-order valence-corrected chi connectivity index (χ1v) is 5.89. The number of nitrogens with zero attached hydrogens (tertiary/aromatic N) is 1. The van der Waals surface area contributed by atoms with E-state index < -0.39 is 0 Å². The third kappa shape index (κ3) is 4.57. The van der Waals surface area contributed by atoms with Gasteiger partial charge >= 0.3 is 5.97 Å². The molecule has 1 aromatic rings. The summed E-state index contributed by atoms with van der Waals surface area (Å²) in [7, 11) is 3.06. The zero-order valence-corrected chi connectivity index (χ0v) is 11.1. The summed E-state index contributed by atoms with van der Waals surface area (Å²) in [6.07, 6.45) is 0.322. The van der Waals surface area contributed by atoms with E-state index in [2.05, 4.69) is 4.74 Å². The van der Waals surface area contributed by atoms with Crippen LogP contribution in [0.4, 0.5) is 0 Å². The smallest absolute Gasteiger partial charge is 0.306 e. The monoisotopic (exact) mass is 249 g/mol. The molecule has 0 aliphatic carbocycles. The minimum absolute atomic E-state index is 0.0538. The van der Waals surface area contributed by atoms with Crippen LogP contribution in [0.3, 0.4) is 0 Å². The second kappa shape index (κ2) is 6.79. The highest BCUT2D eigenvalue weighted by atomic mass is 16.5. The number of benzene rings is 1. The lowest BCUT2D eigenvalue weighted by atomic mass is 10.1. The van der Waals surface area contributed by atoms with Gasteiger partial charge in [0.2, 0.25) is 5.91 Å². The number of hydrogen-bond donors (Lipinski definition) is 0. The van der Waals surface area contributed by atoms with Crippen molar-refractivity contribution < 1.29 is 14.3 Å². The van der Waals surface area contributed by atoms with Gasteiger partial charge in [-0.2, -0.15) is 0 Å².